The summed E-state index contributed by atoms with van der Waals surface area (Å²) in [6, 6.07) is 5.78. The predicted octanol–water partition coefficient (Wildman–Crippen LogP) is 1.50. The van der Waals surface area contributed by atoms with Gasteiger partial charge in [0.05, 0.1) is 10.5 Å². The average molecular weight is 294 g/mol. The fourth-order valence-electron chi connectivity index (χ4n) is 1.75. The lowest BCUT2D eigenvalue weighted by molar-refractivity contribution is 0.0696. The van der Waals surface area contributed by atoms with E-state index in [9.17, 15) is 13.2 Å². The van der Waals surface area contributed by atoms with Crippen LogP contribution < -0.4 is 4.72 Å². The van der Waals surface area contributed by atoms with Crippen molar-refractivity contribution >= 4 is 16.0 Å². The number of carboxylic acids is 1. The van der Waals surface area contributed by atoms with Gasteiger partial charge in [0.2, 0.25) is 10.0 Å². The summed E-state index contributed by atoms with van der Waals surface area (Å²) in [6.07, 6.45) is 3.38. The Balaban J connectivity index is 2.28. The summed E-state index contributed by atoms with van der Waals surface area (Å²) in [5, 5.41) is 8.93. The summed E-state index contributed by atoms with van der Waals surface area (Å²) >= 11 is 0. The van der Waals surface area contributed by atoms with Gasteiger partial charge in [-0.15, -0.1) is 0 Å². The van der Waals surface area contributed by atoms with Gasteiger partial charge in [-0.2, -0.15) is 0 Å². The van der Waals surface area contributed by atoms with Crippen LogP contribution in [0.25, 0.3) is 0 Å². The van der Waals surface area contributed by atoms with Crippen molar-refractivity contribution in [2.24, 2.45) is 0 Å². The molecular formula is C13H14N2O4S. The Bertz CT molecular complexity index is 721. The number of aryl methyl sites for hydroxylation is 1. The molecule has 0 atom stereocenters. The maximum absolute atomic E-state index is 12.2. The monoisotopic (exact) mass is 294 g/mol. The van der Waals surface area contributed by atoms with Gasteiger partial charge in [0.1, 0.15) is 0 Å². The van der Waals surface area contributed by atoms with Gasteiger partial charge in [-0.25, -0.2) is 17.9 Å². The summed E-state index contributed by atoms with van der Waals surface area (Å²) in [5.41, 5.74) is 1.23. The van der Waals surface area contributed by atoms with Gasteiger partial charge in [0.15, 0.2) is 0 Å². The Hall–Kier alpha value is -2.12. The Morgan fingerprint density at radius 3 is 2.70 bits per heavy atom. The number of nitrogens with one attached hydrogen (secondary N) is 2. The first kappa shape index (κ1) is 14.3. The zero-order chi connectivity index (χ0) is 14.8. The number of carboxylic acid groups (broad SMARTS) is 1. The van der Waals surface area contributed by atoms with E-state index in [1.165, 1.54) is 12.1 Å². The fourth-order valence-corrected chi connectivity index (χ4v) is 3.03. The van der Waals surface area contributed by atoms with E-state index in [-0.39, 0.29) is 17.0 Å². The van der Waals surface area contributed by atoms with E-state index in [0.29, 0.717) is 5.56 Å². The number of aromatic amines is 1. The molecule has 106 valence electrons. The molecule has 0 aliphatic carbocycles. The minimum Gasteiger partial charge on any atom is -0.478 e. The molecule has 0 radical (unpaired) electrons. The van der Waals surface area contributed by atoms with Crippen LogP contribution in [0.4, 0.5) is 0 Å². The van der Waals surface area contributed by atoms with Crippen molar-refractivity contribution in [3.63, 3.8) is 0 Å². The van der Waals surface area contributed by atoms with Crippen molar-refractivity contribution in [3.05, 3.63) is 53.3 Å². The number of hydrogen-bond acceptors (Lipinski definition) is 3. The minimum absolute atomic E-state index is 0.0204. The molecule has 0 unspecified atom stereocenters. The lowest BCUT2D eigenvalue weighted by atomic mass is 10.1. The molecule has 1 aromatic carbocycles. The minimum atomic E-state index is -3.75. The van der Waals surface area contributed by atoms with Crippen molar-refractivity contribution in [1.82, 2.24) is 9.71 Å². The zero-order valence-corrected chi connectivity index (χ0v) is 11.6. The van der Waals surface area contributed by atoms with Crippen LogP contribution in [0.2, 0.25) is 0 Å². The molecule has 0 saturated heterocycles. The van der Waals surface area contributed by atoms with E-state index in [0.717, 1.165) is 11.6 Å². The molecule has 0 aliphatic rings. The van der Waals surface area contributed by atoms with Gasteiger partial charge in [0.25, 0.3) is 0 Å². The fraction of sp³-hybridized carbons (Fsp3) is 0.154. The first-order valence-electron chi connectivity index (χ1n) is 5.85. The number of aromatic carboxylic acids is 1. The van der Waals surface area contributed by atoms with E-state index in [1.54, 1.807) is 25.4 Å². The molecule has 0 saturated carbocycles. The maximum Gasteiger partial charge on any atom is 0.335 e. The highest BCUT2D eigenvalue weighted by Gasteiger charge is 2.18. The van der Waals surface area contributed by atoms with Crippen LogP contribution in [-0.4, -0.2) is 24.5 Å². The number of benzene rings is 1. The normalized spacial score (nSPS) is 11.4. The van der Waals surface area contributed by atoms with Crippen LogP contribution in [-0.2, 0) is 16.6 Å². The maximum atomic E-state index is 12.2. The molecule has 0 bridgehead atoms. The molecule has 2 aromatic rings. The Labute approximate surface area is 116 Å². The van der Waals surface area contributed by atoms with E-state index >= 15 is 0 Å². The van der Waals surface area contributed by atoms with E-state index in [1.807, 2.05) is 0 Å². The Morgan fingerprint density at radius 2 is 2.10 bits per heavy atom. The topological polar surface area (TPSA) is 99.3 Å². The Morgan fingerprint density at radius 1 is 1.35 bits per heavy atom. The molecule has 0 amide bonds. The molecule has 1 aromatic heterocycles. The van der Waals surface area contributed by atoms with Crippen molar-refractivity contribution in [3.8, 4) is 0 Å². The smallest absolute Gasteiger partial charge is 0.335 e. The number of aromatic nitrogens is 1. The number of rotatable bonds is 5. The van der Waals surface area contributed by atoms with Crippen LogP contribution in [0.3, 0.4) is 0 Å². The van der Waals surface area contributed by atoms with Crippen molar-refractivity contribution in [1.29, 1.82) is 0 Å². The molecule has 7 heteroatoms. The molecule has 0 fully saturated rings. The van der Waals surface area contributed by atoms with Gasteiger partial charge in [-0.1, -0.05) is 6.07 Å². The van der Waals surface area contributed by atoms with Gasteiger partial charge in [-0.3, -0.25) is 0 Å². The SMILES string of the molecule is Cc1ccc(C(=O)O)cc1S(=O)(=O)NCc1cc[nH]c1. The molecule has 0 aliphatic heterocycles. The summed E-state index contributed by atoms with van der Waals surface area (Å²) in [4.78, 5) is 13.7. The highest BCUT2D eigenvalue weighted by Crippen LogP contribution is 2.17. The molecule has 1 heterocycles. The summed E-state index contributed by atoms with van der Waals surface area (Å²) < 4.78 is 26.9. The lowest BCUT2D eigenvalue weighted by Crippen LogP contribution is -2.24. The van der Waals surface area contributed by atoms with Crippen LogP contribution in [0, 0.1) is 6.92 Å². The van der Waals surface area contributed by atoms with Gasteiger partial charge in [-0.05, 0) is 36.2 Å². The predicted molar refractivity (Wildman–Crippen MR) is 73.0 cm³/mol. The van der Waals surface area contributed by atoms with Crippen LogP contribution >= 0.6 is 0 Å². The van der Waals surface area contributed by atoms with Crippen LogP contribution in [0.1, 0.15) is 21.5 Å². The molecule has 2 rings (SSSR count). The van der Waals surface area contributed by atoms with Crippen molar-refractivity contribution in [2.75, 3.05) is 0 Å². The second-order valence-corrected chi connectivity index (χ2v) is 6.06. The van der Waals surface area contributed by atoms with Gasteiger partial charge >= 0.3 is 5.97 Å². The zero-order valence-electron chi connectivity index (χ0n) is 10.8. The van der Waals surface area contributed by atoms with E-state index in [4.69, 9.17) is 5.11 Å². The highest BCUT2D eigenvalue weighted by atomic mass is 32.2. The number of H-pyrrole nitrogens is 1. The second-order valence-electron chi connectivity index (χ2n) is 4.33. The molecule has 20 heavy (non-hydrogen) atoms. The molecule has 0 spiro atoms. The van der Waals surface area contributed by atoms with Crippen molar-refractivity contribution in [2.45, 2.75) is 18.4 Å². The quantitative estimate of drug-likeness (QED) is 0.778. The largest absolute Gasteiger partial charge is 0.478 e. The van der Waals surface area contributed by atoms with Crippen LogP contribution in [0.15, 0.2) is 41.6 Å². The summed E-state index contributed by atoms with van der Waals surface area (Å²) in [5.74, 6) is -1.16. The van der Waals surface area contributed by atoms with E-state index < -0.39 is 16.0 Å². The molecule has 3 N–H and O–H groups in total. The third-order valence-electron chi connectivity index (χ3n) is 2.85. The van der Waals surface area contributed by atoms with Crippen molar-refractivity contribution < 1.29 is 18.3 Å². The Kier molecular flexibility index (Phi) is 3.91. The van der Waals surface area contributed by atoms with Gasteiger partial charge in [0, 0.05) is 18.9 Å². The number of hydrogen-bond donors (Lipinski definition) is 3. The first-order chi connectivity index (χ1) is 9.40. The average Bonchev–Trinajstić information content (AvgIpc) is 2.89. The number of carbonyl (C=O) groups is 1. The number of sulfonamides is 1. The molecular weight excluding hydrogens is 280 g/mol. The van der Waals surface area contributed by atoms with E-state index in [2.05, 4.69) is 9.71 Å². The van der Waals surface area contributed by atoms with Gasteiger partial charge < -0.3 is 10.1 Å². The molecule has 6 nitrogen and oxygen atoms in total. The third kappa shape index (κ3) is 3.06. The third-order valence-corrected chi connectivity index (χ3v) is 4.40. The standard InChI is InChI=1S/C13H14N2O4S/c1-9-2-3-11(13(16)17)6-12(9)20(18,19)15-8-10-4-5-14-7-10/h2-7,14-15H,8H2,1H3,(H,16,17). The summed E-state index contributed by atoms with van der Waals surface area (Å²) in [7, 11) is -3.75. The summed E-state index contributed by atoms with van der Waals surface area (Å²) in [6.45, 7) is 1.76. The lowest BCUT2D eigenvalue weighted by Gasteiger charge is -2.09. The second kappa shape index (κ2) is 5.48. The van der Waals surface area contributed by atoms with Crippen LogP contribution in [0.5, 0.6) is 0 Å². The highest BCUT2D eigenvalue weighted by molar-refractivity contribution is 7.89. The first-order valence-corrected chi connectivity index (χ1v) is 7.34.